The SMILES string of the molecule is NCCCCC(NC(CCc1ccccc1)C(=O)O)C(=O)N1CCCC1C=O. The second-order valence-corrected chi connectivity index (χ2v) is 7.30. The van der Waals surface area contributed by atoms with Gasteiger partial charge in [0.1, 0.15) is 12.3 Å². The first-order chi connectivity index (χ1) is 13.6. The third-order valence-electron chi connectivity index (χ3n) is 5.25. The third kappa shape index (κ3) is 6.42. The zero-order valence-corrected chi connectivity index (χ0v) is 16.3. The van der Waals surface area contributed by atoms with Gasteiger partial charge in [-0.25, -0.2) is 0 Å². The van der Waals surface area contributed by atoms with E-state index in [1.807, 2.05) is 30.3 Å². The molecule has 7 nitrogen and oxygen atoms in total. The molecule has 154 valence electrons. The predicted molar refractivity (Wildman–Crippen MR) is 107 cm³/mol. The zero-order valence-electron chi connectivity index (χ0n) is 16.3. The highest BCUT2D eigenvalue weighted by Crippen LogP contribution is 2.19. The molecule has 0 spiro atoms. The molecule has 1 fully saturated rings. The molecule has 0 bridgehead atoms. The molecular formula is C21H31N3O4. The second kappa shape index (κ2) is 11.6. The Morgan fingerprint density at radius 2 is 1.96 bits per heavy atom. The monoisotopic (exact) mass is 389 g/mol. The lowest BCUT2D eigenvalue weighted by Gasteiger charge is -2.29. The van der Waals surface area contributed by atoms with E-state index in [4.69, 9.17) is 5.73 Å². The average Bonchev–Trinajstić information content (AvgIpc) is 3.18. The minimum atomic E-state index is -0.971. The molecule has 1 aromatic carbocycles. The number of hydrogen-bond acceptors (Lipinski definition) is 5. The number of nitrogens with one attached hydrogen (secondary N) is 1. The maximum absolute atomic E-state index is 13.0. The van der Waals surface area contributed by atoms with Gasteiger partial charge in [-0.2, -0.15) is 0 Å². The second-order valence-electron chi connectivity index (χ2n) is 7.30. The van der Waals surface area contributed by atoms with Crippen molar-refractivity contribution < 1.29 is 19.5 Å². The molecule has 2 rings (SSSR count). The maximum atomic E-state index is 13.0. The van der Waals surface area contributed by atoms with Crippen LogP contribution in [-0.4, -0.2) is 59.4 Å². The van der Waals surface area contributed by atoms with Gasteiger partial charge in [0.25, 0.3) is 0 Å². The lowest BCUT2D eigenvalue weighted by atomic mass is 10.0. The Labute approximate surface area is 166 Å². The Bertz CT molecular complexity index is 638. The highest BCUT2D eigenvalue weighted by Gasteiger charge is 2.34. The fourth-order valence-electron chi connectivity index (χ4n) is 3.66. The van der Waals surface area contributed by atoms with Gasteiger partial charge in [0.05, 0.1) is 12.1 Å². The van der Waals surface area contributed by atoms with E-state index in [-0.39, 0.29) is 5.91 Å². The number of carboxylic acids is 1. The smallest absolute Gasteiger partial charge is 0.320 e. The van der Waals surface area contributed by atoms with Crippen LogP contribution in [0.15, 0.2) is 30.3 Å². The van der Waals surface area contributed by atoms with Crippen molar-refractivity contribution in [1.29, 1.82) is 0 Å². The van der Waals surface area contributed by atoms with E-state index in [1.54, 1.807) is 4.90 Å². The molecule has 0 aliphatic carbocycles. The van der Waals surface area contributed by atoms with Crippen molar-refractivity contribution in [3.8, 4) is 0 Å². The molecule has 3 unspecified atom stereocenters. The normalized spacial score (nSPS) is 18.6. The Balaban J connectivity index is 2.05. The summed E-state index contributed by atoms with van der Waals surface area (Å²) in [6, 6.07) is 7.83. The molecule has 1 saturated heterocycles. The summed E-state index contributed by atoms with van der Waals surface area (Å²) in [7, 11) is 0. The number of hydrogen-bond donors (Lipinski definition) is 3. The minimum Gasteiger partial charge on any atom is -0.480 e. The van der Waals surface area contributed by atoms with Crippen LogP contribution in [0.2, 0.25) is 0 Å². The molecule has 0 radical (unpaired) electrons. The Kier molecular flexibility index (Phi) is 9.10. The Hall–Kier alpha value is -2.25. The number of aliphatic carboxylic acids is 1. The fourth-order valence-corrected chi connectivity index (χ4v) is 3.66. The van der Waals surface area contributed by atoms with Crippen molar-refractivity contribution in [2.75, 3.05) is 13.1 Å². The number of aryl methyl sites for hydroxylation is 1. The number of carbonyl (C=O) groups is 3. The van der Waals surface area contributed by atoms with E-state index < -0.39 is 24.1 Å². The van der Waals surface area contributed by atoms with Crippen molar-refractivity contribution in [3.05, 3.63) is 35.9 Å². The van der Waals surface area contributed by atoms with Crippen LogP contribution >= 0.6 is 0 Å². The number of carbonyl (C=O) groups excluding carboxylic acids is 2. The van der Waals surface area contributed by atoms with Gasteiger partial charge in [-0.3, -0.25) is 14.9 Å². The molecule has 1 aliphatic rings. The van der Waals surface area contributed by atoms with E-state index in [1.165, 1.54) is 0 Å². The highest BCUT2D eigenvalue weighted by molar-refractivity contribution is 5.86. The van der Waals surface area contributed by atoms with Gasteiger partial charge < -0.3 is 20.5 Å². The maximum Gasteiger partial charge on any atom is 0.320 e. The van der Waals surface area contributed by atoms with Crippen LogP contribution < -0.4 is 11.1 Å². The zero-order chi connectivity index (χ0) is 20.4. The van der Waals surface area contributed by atoms with Crippen molar-refractivity contribution in [1.82, 2.24) is 10.2 Å². The number of carboxylic acid groups (broad SMARTS) is 1. The van der Waals surface area contributed by atoms with Crippen molar-refractivity contribution in [2.45, 2.75) is 63.1 Å². The first-order valence-corrected chi connectivity index (χ1v) is 10.1. The molecule has 1 heterocycles. The minimum absolute atomic E-state index is 0.183. The van der Waals surface area contributed by atoms with Gasteiger partial charge in [-0.05, 0) is 50.6 Å². The van der Waals surface area contributed by atoms with Gasteiger partial charge in [-0.15, -0.1) is 0 Å². The summed E-state index contributed by atoms with van der Waals surface area (Å²) in [5.41, 5.74) is 6.62. The summed E-state index contributed by atoms with van der Waals surface area (Å²) in [5, 5.41) is 12.7. The van der Waals surface area contributed by atoms with E-state index in [0.29, 0.717) is 38.8 Å². The van der Waals surface area contributed by atoms with E-state index in [9.17, 15) is 19.5 Å². The van der Waals surface area contributed by atoms with E-state index in [0.717, 1.165) is 31.1 Å². The van der Waals surface area contributed by atoms with Gasteiger partial charge in [0.15, 0.2) is 0 Å². The number of benzene rings is 1. The van der Waals surface area contributed by atoms with Gasteiger partial charge in [0.2, 0.25) is 5.91 Å². The van der Waals surface area contributed by atoms with Crippen LogP contribution in [0.5, 0.6) is 0 Å². The standard InChI is InChI=1S/C21H31N3O4/c22-13-5-4-10-18(20(26)24-14-6-9-17(24)15-25)23-19(21(27)28)12-11-16-7-2-1-3-8-16/h1-3,7-8,15,17-19,23H,4-6,9-14,22H2,(H,27,28). The molecule has 1 aromatic rings. The van der Waals surface area contributed by atoms with Crippen molar-refractivity contribution in [2.24, 2.45) is 5.73 Å². The molecule has 3 atom stereocenters. The molecule has 4 N–H and O–H groups in total. The summed E-state index contributed by atoms with van der Waals surface area (Å²) >= 11 is 0. The van der Waals surface area contributed by atoms with E-state index >= 15 is 0 Å². The number of aldehydes is 1. The fraction of sp³-hybridized carbons (Fsp3) is 0.571. The van der Waals surface area contributed by atoms with Crippen molar-refractivity contribution in [3.63, 3.8) is 0 Å². The summed E-state index contributed by atoms with van der Waals surface area (Å²) in [4.78, 5) is 37.7. The lowest BCUT2D eigenvalue weighted by molar-refractivity contribution is -0.141. The summed E-state index contributed by atoms with van der Waals surface area (Å²) in [6.45, 7) is 1.07. The number of nitrogens with zero attached hydrogens (tertiary/aromatic N) is 1. The average molecular weight is 389 g/mol. The van der Waals surface area contributed by atoms with Crippen LogP contribution in [0, 0.1) is 0 Å². The molecular weight excluding hydrogens is 358 g/mol. The molecule has 7 heteroatoms. The third-order valence-corrected chi connectivity index (χ3v) is 5.25. The Morgan fingerprint density at radius 3 is 2.61 bits per heavy atom. The van der Waals surface area contributed by atoms with Gasteiger partial charge in [-0.1, -0.05) is 36.8 Å². The topological polar surface area (TPSA) is 113 Å². The highest BCUT2D eigenvalue weighted by atomic mass is 16.4. The van der Waals surface area contributed by atoms with Crippen LogP contribution in [0.4, 0.5) is 0 Å². The number of rotatable bonds is 12. The summed E-state index contributed by atoms with van der Waals surface area (Å²) in [5.74, 6) is -1.15. The summed E-state index contributed by atoms with van der Waals surface area (Å²) < 4.78 is 0. The van der Waals surface area contributed by atoms with Crippen LogP contribution in [0.3, 0.4) is 0 Å². The first-order valence-electron chi connectivity index (χ1n) is 10.1. The van der Waals surface area contributed by atoms with Gasteiger partial charge in [0, 0.05) is 6.54 Å². The molecule has 1 amide bonds. The van der Waals surface area contributed by atoms with Crippen molar-refractivity contribution >= 4 is 18.2 Å². The van der Waals surface area contributed by atoms with E-state index in [2.05, 4.69) is 5.32 Å². The van der Waals surface area contributed by atoms with Gasteiger partial charge >= 0.3 is 5.97 Å². The first kappa shape index (κ1) is 22.0. The summed E-state index contributed by atoms with van der Waals surface area (Å²) in [6.07, 6.45) is 5.27. The molecule has 1 aliphatic heterocycles. The largest absolute Gasteiger partial charge is 0.480 e. The Morgan fingerprint density at radius 1 is 1.21 bits per heavy atom. The van der Waals surface area contributed by atoms with Crippen LogP contribution in [-0.2, 0) is 20.8 Å². The number of amides is 1. The molecule has 0 aromatic heterocycles. The predicted octanol–water partition coefficient (Wildman–Crippen LogP) is 1.35. The quantitative estimate of drug-likeness (QED) is 0.367. The van der Waals surface area contributed by atoms with Crippen LogP contribution in [0.1, 0.15) is 44.1 Å². The molecule has 28 heavy (non-hydrogen) atoms. The number of unbranched alkanes of at least 4 members (excludes halogenated alkanes) is 1. The lowest BCUT2D eigenvalue weighted by Crippen LogP contribution is -2.53. The molecule has 0 saturated carbocycles. The van der Waals surface area contributed by atoms with Crippen LogP contribution in [0.25, 0.3) is 0 Å². The number of nitrogens with two attached hydrogens (primary N) is 1. The number of likely N-dealkylation sites (tertiary alicyclic amines) is 1.